The van der Waals surface area contributed by atoms with Gasteiger partial charge in [0.15, 0.2) is 16.9 Å². The van der Waals surface area contributed by atoms with Gasteiger partial charge in [-0.1, -0.05) is 67.8 Å². The summed E-state index contributed by atoms with van der Waals surface area (Å²) in [6.45, 7) is 5.02. The molecule has 0 N–H and O–H groups in total. The highest BCUT2D eigenvalue weighted by molar-refractivity contribution is 5.99. The number of ether oxygens (including phenoxy) is 2. The Morgan fingerprint density at radius 2 is 1.76 bits per heavy atom. The van der Waals surface area contributed by atoms with Gasteiger partial charge in [-0.15, -0.1) is 0 Å². The van der Waals surface area contributed by atoms with Gasteiger partial charge in [0, 0.05) is 6.54 Å². The molecule has 2 heterocycles. The molecular weight excluding hydrogens is 466 g/mol. The smallest absolute Gasteiger partial charge is 0.291 e. The van der Waals surface area contributed by atoms with Gasteiger partial charge in [0.1, 0.15) is 5.58 Å². The number of fused-ring (bicyclic) bond motifs is 2. The first-order valence-electron chi connectivity index (χ1n) is 12.7. The molecule has 0 aliphatic carbocycles. The lowest BCUT2D eigenvalue weighted by Crippen LogP contribution is -2.29. The average molecular weight is 498 g/mol. The molecule has 6 nitrogen and oxygen atoms in total. The fourth-order valence-corrected chi connectivity index (χ4v) is 4.93. The summed E-state index contributed by atoms with van der Waals surface area (Å²) in [6.07, 6.45) is 3.17. The zero-order chi connectivity index (χ0) is 25.9. The molecule has 0 saturated heterocycles. The van der Waals surface area contributed by atoms with E-state index >= 15 is 0 Å². The molecule has 1 amide bonds. The molecule has 1 aromatic heterocycles. The fourth-order valence-electron chi connectivity index (χ4n) is 4.93. The van der Waals surface area contributed by atoms with Gasteiger partial charge in [-0.05, 0) is 48.7 Å². The minimum atomic E-state index is -0.619. The van der Waals surface area contributed by atoms with Crippen LogP contribution in [0.2, 0.25) is 0 Å². The van der Waals surface area contributed by atoms with E-state index in [9.17, 15) is 9.59 Å². The van der Waals surface area contributed by atoms with Crippen LogP contribution in [0.1, 0.15) is 65.0 Å². The van der Waals surface area contributed by atoms with Crippen LogP contribution >= 0.6 is 0 Å². The lowest BCUT2D eigenvalue weighted by Gasteiger charge is -2.26. The van der Waals surface area contributed by atoms with Crippen LogP contribution in [0.25, 0.3) is 11.0 Å². The molecule has 1 aliphatic rings. The molecule has 4 aromatic rings. The van der Waals surface area contributed by atoms with Crippen LogP contribution in [-0.4, -0.2) is 24.5 Å². The summed E-state index contributed by atoms with van der Waals surface area (Å²) in [5.41, 5.74) is 3.26. The third kappa shape index (κ3) is 4.71. The van der Waals surface area contributed by atoms with Gasteiger partial charge >= 0.3 is 0 Å². The maximum Gasteiger partial charge on any atom is 0.291 e. The van der Waals surface area contributed by atoms with Crippen molar-refractivity contribution in [2.75, 3.05) is 13.7 Å². The van der Waals surface area contributed by atoms with Crippen molar-refractivity contribution in [3.05, 3.63) is 105 Å². The van der Waals surface area contributed by atoms with Crippen molar-refractivity contribution in [1.29, 1.82) is 0 Å². The van der Waals surface area contributed by atoms with Gasteiger partial charge in [0.05, 0.1) is 30.7 Å². The van der Waals surface area contributed by atoms with E-state index < -0.39 is 6.04 Å². The molecule has 0 radical (unpaired) electrons. The van der Waals surface area contributed by atoms with E-state index in [1.54, 1.807) is 18.1 Å². The van der Waals surface area contributed by atoms with Crippen molar-refractivity contribution in [3.63, 3.8) is 0 Å². The topological polar surface area (TPSA) is 69.0 Å². The lowest BCUT2D eigenvalue weighted by molar-refractivity contribution is 0.0714. The van der Waals surface area contributed by atoms with Crippen molar-refractivity contribution in [1.82, 2.24) is 4.90 Å². The van der Waals surface area contributed by atoms with Crippen molar-refractivity contribution >= 4 is 16.9 Å². The van der Waals surface area contributed by atoms with Crippen molar-refractivity contribution in [2.24, 2.45) is 0 Å². The first-order chi connectivity index (χ1) is 18.0. The molecule has 0 bridgehead atoms. The van der Waals surface area contributed by atoms with Crippen LogP contribution < -0.4 is 14.9 Å². The van der Waals surface area contributed by atoms with Crippen LogP contribution in [0.4, 0.5) is 0 Å². The maximum atomic E-state index is 13.8. The number of rotatable bonds is 9. The molecular formula is C31H31NO5. The van der Waals surface area contributed by atoms with Crippen LogP contribution in [0.15, 0.2) is 75.9 Å². The van der Waals surface area contributed by atoms with E-state index in [1.807, 2.05) is 67.6 Å². The third-order valence-corrected chi connectivity index (χ3v) is 6.83. The number of aryl methyl sites for hydroxylation is 1. The number of unbranched alkanes of at least 4 members (excludes halogenated alkanes) is 2. The van der Waals surface area contributed by atoms with E-state index in [4.69, 9.17) is 13.9 Å². The molecule has 190 valence electrons. The molecule has 0 spiro atoms. The summed E-state index contributed by atoms with van der Waals surface area (Å²) in [5.74, 6) is 1.00. The van der Waals surface area contributed by atoms with E-state index in [1.165, 1.54) is 0 Å². The molecule has 1 unspecified atom stereocenters. The summed E-state index contributed by atoms with van der Waals surface area (Å²) in [7, 11) is 1.60. The zero-order valence-electron chi connectivity index (χ0n) is 21.5. The third-order valence-electron chi connectivity index (χ3n) is 6.83. The second-order valence-electron chi connectivity index (χ2n) is 9.46. The monoisotopic (exact) mass is 497 g/mol. The Balaban J connectivity index is 1.62. The number of benzene rings is 3. The quantitative estimate of drug-likeness (QED) is 0.250. The number of hydrogen-bond acceptors (Lipinski definition) is 5. The summed E-state index contributed by atoms with van der Waals surface area (Å²) >= 11 is 0. The number of carbonyl (C=O) groups excluding carboxylic acids is 1. The predicted molar refractivity (Wildman–Crippen MR) is 143 cm³/mol. The summed E-state index contributed by atoms with van der Waals surface area (Å²) in [6, 6.07) is 20.2. The first-order valence-corrected chi connectivity index (χ1v) is 12.7. The van der Waals surface area contributed by atoms with Crippen LogP contribution in [0, 0.1) is 6.92 Å². The van der Waals surface area contributed by atoms with Gasteiger partial charge in [0.25, 0.3) is 5.91 Å². The van der Waals surface area contributed by atoms with Crippen molar-refractivity contribution < 1.29 is 18.7 Å². The Hall–Kier alpha value is -4.06. The number of hydrogen-bond donors (Lipinski definition) is 0. The zero-order valence-corrected chi connectivity index (χ0v) is 21.5. The number of methoxy groups -OCH3 is 1. The van der Waals surface area contributed by atoms with E-state index in [-0.39, 0.29) is 17.1 Å². The van der Waals surface area contributed by atoms with E-state index in [0.717, 1.165) is 36.0 Å². The summed E-state index contributed by atoms with van der Waals surface area (Å²) in [5, 5.41) is 0.473. The largest absolute Gasteiger partial charge is 0.493 e. The number of carbonyl (C=O) groups is 1. The second kappa shape index (κ2) is 10.5. The average Bonchev–Trinajstić information content (AvgIpc) is 3.19. The normalized spacial score (nSPS) is 14.7. The second-order valence-corrected chi connectivity index (χ2v) is 9.46. The first kappa shape index (κ1) is 24.6. The Labute approximate surface area is 216 Å². The Morgan fingerprint density at radius 1 is 0.946 bits per heavy atom. The molecule has 0 saturated carbocycles. The maximum absolute atomic E-state index is 13.8. The molecule has 1 atom stereocenters. The molecule has 37 heavy (non-hydrogen) atoms. The van der Waals surface area contributed by atoms with Crippen LogP contribution in [0.3, 0.4) is 0 Å². The molecule has 1 aliphatic heterocycles. The van der Waals surface area contributed by atoms with Gasteiger partial charge < -0.3 is 18.8 Å². The minimum Gasteiger partial charge on any atom is -0.493 e. The fraction of sp³-hybridized carbons (Fsp3) is 0.290. The Morgan fingerprint density at radius 3 is 2.51 bits per heavy atom. The highest BCUT2D eigenvalue weighted by Crippen LogP contribution is 2.41. The molecule has 0 fully saturated rings. The Kier molecular flexibility index (Phi) is 6.99. The highest BCUT2D eigenvalue weighted by atomic mass is 16.5. The van der Waals surface area contributed by atoms with Gasteiger partial charge in [-0.2, -0.15) is 0 Å². The molecule has 5 rings (SSSR count). The minimum absolute atomic E-state index is 0.0983. The lowest BCUT2D eigenvalue weighted by atomic mass is 9.97. The Bertz CT molecular complexity index is 1490. The highest BCUT2D eigenvalue weighted by Gasteiger charge is 2.43. The standard InChI is InChI=1S/C31H31NO5/c1-4-5-9-16-36-25-15-13-22(18-26(25)35-3)28-27-29(33)23-17-20(2)12-14-24(23)37-30(27)31(34)32(28)19-21-10-7-6-8-11-21/h6-8,10-15,17-18,28H,4-5,9,16,19H2,1-3H3. The molecule has 3 aromatic carbocycles. The van der Waals surface area contributed by atoms with Gasteiger partial charge in [0.2, 0.25) is 5.76 Å². The number of amides is 1. The van der Waals surface area contributed by atoms with Gasteiger partial charge in [-0.3, -0.25) is 9.59 Å². The van der Waals surface area contributed by atoms with Crippen LogP contribution in [0.5, 0.6) is 11.5 Å². The SMILES string of the molecule is CCCCCOc1ccc(C2c3c(oc4ccc(C)cc4c3=O)C(=O)N2Cc2ccccc2)cc1OC. The number of nitrogens with zero attached hydrogens (tertiary/aromatic N) is 1. The summed E-state index contributed by atoms with van der Waals surface area (Å²) < 4.78 is 17.7. The van der Waals surface area contributed by atoms with E-state index in [0.29, 0.717) is 41.2 Å². The predicted octanol–water partition coefficient (Wildman–Crippen LogP) is 6.42. The van der Waals surface area contributed by atoms with Crippen molar-refractivity contribution in [3.8, 4) is 11.5 Å². The summed E-state index contributed by atoms with van der Waals surface area (Å²) in [4.78, 5) is 29.2. The van der Waals surface area contributed by atoms with Gasteiger partial charge in [-0.25, -0.2) is 0 Å². The van der Waals surface area contributed by atoms with E-state index in [2.05, 4.69) is 6.92 Å². The van der Waals surface area contributed by atoms with Crippen molar-refractivity contribution in [2.45, 2.75) is 45.7 Å². The van der Waals surface area contributed by atoms with Crippen LogP contribution in [-0.2, 0) is 6.54 Å². The molecule has 6 heteroatoms.